The molecule has 0 bridgehead atoms. The van der Waals surface area contributed by atoms with Crippen molar-refractivity contribution < 1.29 is 33.0 Å². The lowest BCUT2D eigenvalue weighted by atomic mass is 9.86. The van der Waals surface area contributed by atoms with Gasteiger partial charge in [-0.3, -0.25) is 0 Å². The minimum Gasteiger partial charge on any atom is -0.478 e. The lowest BCUT2D eigenvalue weighted by molar-refractivity contribution is -0.192. The lowest BCUT2D eigenvalue weighted by Gasteiger charge is -2.39. The van der Waals surface area contributed by atoms with Crippen LogP contribution in [0.5, 0.6) is 0 Å². The average molecular weight is 601 g/mol. The molecule has 4 aromatic rings. The number of fused-ring (bicyclic) bond motifs is 1. The normalized spacial score (nSPS) is 17.1. The van der Waals surface area contributed by atoms with Crippen molar-refractivity contribution in [2.75, 3.05) is 13.1 Å². The predicted molar refractivity (Wildman–Crippen MR) is 153 cm³/mol. The first-order chi connectivity index (χ1) is 20.1. The Morgan fingerprint density at radius 1 is 0.857 bits per heavy atom. The van der Waals surface area contributed by atoms with Gasteiger partial charge in [-0.1, -0.05) is 67.0 Å². The molecule has 1 aliphatic heterocycles. The Hall–Kier alpha value is -3.77. The Morgan fingerprint density at radius 2 is 1.45 bits per heavy atom. The highest BCUT2D eigenvalue weighted by molar-refractivity contribution is 7.19. The van der Waals surface area contributed by atoms with Gasteiger partial charge in [0.1, 0.15) is 5.01 Å². The molecule has 222 valence electrons. The maximum atomic E-state index is 11.1. The van der Waals surface area contributed by atoms with E-state index in [-0.39, 0.29) is 5.56 Å². The topological polar surface area (TPSA) is 108 Å². The Morgan fingerprint density at radius 3 is 2.00 bits per heavy atom. The van der Waals surface area contributed by atoms with E-state index in [1.165, 1.54) is 63.6 Å². The first-order valence-corrected chi connectivity index (χ1v) is 14.7. The number of aromatic nitrogens is 3. The van der Waals surface area contributed by atoms with E-state index in [4.69, 9.17) is 25.1 Å². The molecular weight excluding hydrogens is 569 g/mol. The zero-order chi connectivity index (χ0) is 29.9. The number of carbonyl (C=O) groups is 2. The number of nitrogens with zero attached hydrogens (tertiary/aromatic N) is 4. The second kappa shape index (κ2) is 12.6. The van der Waals surface area contributed by atoms with Gasteiger partial charge in [-0.15, -0.1) is 0 Å². The zero-order valence-corrected chi connectivity index (χ0v) is 23.6. The number of likely N-dealkylation sites (tertiary alicyclic amines) is 1. The van der Waals surface area contributed by atoms with Crippen LogP contribution in [0.1, 0.15) is 66.8 Å². The molecule has 2 aromatic carbocycles. The molecule has 1 aliphatic carbocycles. The second-order valence-corrected chi connectivity index (χ2v) is 11.6. The van der Waals surface area contributed by atoms with Gasteiger partial charge in [-0.05, 0) is 62.4 Å². The van der Waals surface area contributed by atoms with E-state index in [9.17, 15) is 18.0 Å². The standard InChI is InChI=1S/C28H30N4O2S.C2HF3O2/c33-27(34)23-12-8-21(9-13-23)25-18-32-28(29-25)35-26(30-32)22-10-6-19(7-11-22)20-14-16-31(17-15-20)24-4-2-1-3-5-24;3-2(4,5)1(6)7/h6-13,18,20,24H,1-5,14-17H2,(H,33,34);(H,6,7). The van der Waals surface area contributed by atoms with E-state index in [2.05, 4.69) is 29.2 Å². The number of carboxylic acid groups (broad SMARTS) is 2. The number of benzene rings is 2. The highest BCUT2D eigenvalue weighted by Gasteiger charge is 2.38. The number of halogens is 3. The van der Waals surface area contributed by atoms with Crippen molar-refractivity contribution in [1.29, 1.82) is 0 Å². The molecule has 1 saturated carbocycles. The minimum atomic E-state index is -5.08. The molecule has 2 N–H and O–H groups in total. The quantitative estimate of drug-likeness (QED) is 0.255. The van der Waals surface area contributed by atoms with Crippen molar-refractivity contribution in [3.63, 3.8) is 0 Å². The number of piperidine rings is 1. The highest BCUT2D eigenvalue weighted by atomic mass is 32.1. The zero-order valence-electron chi connectivity index (χ0n) is 22.8. The summed E-state index contributed by atoms with van der Waals surface area (Å²) in [5.41, 5.74) is 4.52. The molecule has 2 fully saturated rings. The summed E-state index contributed by atoms with van der Waals surface area (Å²) in [5, 5.41) is 21.9. The van der Waals surface area contributed by atoms with Gasteiger partial charge in [-0.2, -0.15) is 18.3 Å². The molecule has 8 nitrogen and oxygen atoms in total. The number of rotatable bonds is 5. The third kappa shape index (κ3) is 6.99. The second-order valence-electron chi connectivity index (χ2n) is 10.7. The molecule has 0 unspecified atom stereocenters. The number of hydrogen-bond acceptors (Lipinski definition) is 6. The molecule has 12 heteroatoms. The van der Waals surface area contributed by atoms with Crippen LogP contribution in [0.15, 0.2) is 54.7 Å². The van der Waals surface area contributed by atoms with E-state index in [0.717, 1.165) is 32.8 Å². The molecule has 0 amide bonds. The summed E-state index contributed by atoms with van der Waals surface area (Å²) in [6.45, 7) is 2.48. The largest absolute Gasteiger partial charge is 0.490 e. The van der Waals surface area contributed by atoms with Gasteiger partial charge >= 0.3 is 18.1 Å². The van der Waals surface area contributed by atoms with Crippen LogP contribution < -0.4 is 0 Å². The van der Waals surface area contributed by atoms with Gasteiger partial charge < -0.3 is 15.1 Å². The van der Waals surface area contributed by atoms with E-state index >= 15 is 0 Å². The molecule has 3 heterocycles. The van der Waals surface area contributed by atoms with E-state index in [1.54, 1.807) is 35.6 Å². The first kappa shape index (κ1) is 29.7. The fourth-order valence-corrected chi connectivity index (χ4v) is 6.57. The summed E-state index contributed by atoms with van der Waals surface area (Å²) in [6, 6.07) is 16.6. The summed E-state index contributed by atoms with van der Waals surface area (Å²) in [6.07, 6.45) is 6.38. The van der Waals surface area contributed by atoms with Crippen LogP contribution in [0, 0.1) is 0 Å². The Labute approximate surface area is 244 Å². The van der Waals surface area contributed by atoms with Gasteiger partial charge in [0.15, 0.2) is 0 Å². The van der Waals surface area contributed by atoms with Gasteiger partial charge in [0, 0.05) is 17.2 Å². The third-order valence-electron chi connectivity index (χ3n) is 7.96. The molecule has 2 aliphatic rings. The first-order valence-electron chi connectivity index (χ1n) is 13.9. The molecule has 6 rings (SSSR count). The minimum absolute atomic E-state index is 0.272. The molecule has 0 spiro atoms. The molecule has 1 saturated heterocycles. The Kier molecular flexibility index (Phi) is 8.93. The number of aliphatic carboxylic acids is 1. The van der Waals surface area contributed by atoms with Crippen molar-refractivity contribution in [2.24, 2.45) is 0 Å². The van der Waals surface area contributed by atoms with Crippen LogP contribution in [0.25, 0.3) is 26.8 Å². The number of hydrogen-bond donors (Lipinski definition) is 2. The van der Waals surface area contributed by atoms with Crippen molar-refractivity contribution in [3.8, 4) is 21.8 Å². The summed E-state index contributed by atoms with van der Waals surface area (Å²) < 4.78 is 33.6. The number of aromatic carboxylic acids is 1. The molecule has 0 atom stereocenters. The summed E-state index contributed by atoms with van der Waals surface area (Å²) in [5.74, 6) is -3.02. The van der Waals surface area contributed by atoms with Gasteiger partial charge in [0.2, 0.25) is 4.96 Å². The fraction of sp³-hybridized carbons (Fsp3) is 0.400. The molecule has 42 heavy (non-hydrogen) atoms. The maximum absolute atomic E-state index is 11.1. The van der Waals surface area contributed by atoms with Crippen molar-refractivity contribution in [2.45, 2.75) is 63.1 Å². The van der Waals surface area contributed by atoms with Gasteiger partial charge in [0.25, 0.3) is 0 Å². The fourth-order valence-electron chi connectivity index (χ4n) is 5.68. The third-order valence-corrected chi connectivity index (χ3v) is 8.93. The van der Waals surface area contributed by atoms with Crippen LogP contribution in [-0.4, -0.2) is 67.0 Å². The van der Waals surface area contributed by atoms with Crippen LogP contribution in [0.4, 0.5) is 13.2 Å². The van der Waals surface area contributed by atoms with E-state index in [1.807, 2.05) is 10.7 Å². The van der Waals surface area contributed by atoms with Crippen LogP contribution in [-0.2, 0) is 4.79 Å². The van der Waals surface area contributed by atoms with Crippen LogP contribution in [0.3, 0.4) is 0 Å². The number of carboxylic acids is 2. The molecular formula is C30H31F3N4O4S. The smallest absolute Gasteiger partial charge is 0.478 e. The Bertz CT molecular complexity index is 1490. The maximum Gasteiger partial charge on any atom is 0.490 e. The lowest BCUT2D eigenvalue weighted by Crippen LogP contribution is -2.41. The van der Waals surface area contributed by atoms with E-state index < -0.39 is 18.1 Å². The van der Waals surface area contributed by atoms with Crippen molar-refractivity contribution >= 4 is 28.2 Å². The monoisotopic (exact) mass is 600 g/mol. The summed E-state index contributed by atoms with van der Waals surface area (Å²) in [4.78, 5) is 28.3. The van der Waals surface area contributed by atoms with Gasteiger partial charge in [-0.25, -0.2) is 19.1 Å². The predicted octanol–water partition coefficient (Wildman–Crippen LogP) is 6.97. The van der Waals surface area contributed by atoms with Crippen molar-refractivity contribution in [3.05, 3.63) is 65.9 Å². The van der Waals surface area contributed by atoms with Crippen LogP contribution in [0.2, 0.25) is 0 Å². The average Bonchev–Trinajstić information content (AvgIpc) is 3.58. The molecule has 0 radical (unpaired) electrons. The number of imidazole rings is 1. The highest BCUT2D eigenvalue weighted by Crippen LogP contribution is 2.34. The summed E-state index contributed by atoms with van der Waals surface area (Å²) in [7, 11) is 0. The molecule has 2 aromatic heterocycles. The van der Waals surface area contributed by atoms with Crippen LogP contribution >= 0.6 is 11.3 Å². The van der Waals surface area contributed by atoms with Gasteiger partial charge in [0.05, 0.1) is 17.5 Å². The number of alkyl halides is 3. The SMILES string of the molecule is O=C(O)C(F)(F)F.O=C(O)c1ccc(-c2cn3nc(-c4ccc(C5CCN(C6CCCCC6)CC5)cc4)sc3n2)cc1. The van der Waals surface area contributed by atoms with Crippen molar-refractivity contribution in [1.82, 2.24) is 19.5 Å². The summed E-state index contributed by atoms with van der Waals surface area (Å²) >= 11 is 1.57. The van der Waals surface area contributed by atoms with E-state index in [0.29, 0.717) is 5.92 Å². The Balaban J connectivity index is 0.000000451.